The SMILES string of the molecule is C[C@H]1COC(=O)N1c1cccc(N2Cc3c(cc(C4(C)CC4)nc3CN)C2=O)n1. The topological polar surface area (TPSA) is 102 Å². The third-order valence-corrected chi connectivity index (χ3v) is 6.14. The van der Waals surface area contributed by atoms with Gasteiger partial charge in [-0.15, -0.1) is 0 Å². The van der Waals surface area contributed by atoms with E-state index in [0.717, 1.165) is 29.8 Å². The zero-order valence-electron chi connectivity index (χ0n) is 16.5. The predicted octanol–water partition coefficient (Wildman–Crippen LogP) is 2.49. The Kier molecular flexibility index (Phi) is 3.89. The lowest BCUT2D eigenvalue weighted by molar-refractivity contribution is 0.0995. The summed E-state index contributed by atoms with van der Waals surface area (Å²) in [6.45, 7) is 5.06. The van der Waals surface area contributed by atoms with Crippen molar-refractivity contribution in [3.05, 3.63) is 46.8 Å². The number of fused-ring (bicyclic) bond motifs is 1. The molecule has 2 aromatic rings. The Morgan fingerprint density at radius 2 is 2.00 bits per heavy atom. The number of anilines is 2. The van der Waals surface area contributed by atoms with Gasteiger partial charge in [-0.2, -0.15) is 0 Å². The summed E-state index contributed by atoms with van der Waals surface area (Å²) in [5.41, 5.74) is 9.25. The lowest BCUT2D eigenvalue weighted by Gasteiger charge is -2.20. The minimum absolute atomic E-state index is 0.0526. The normalized spacial score (nSPS) is 22.1. The number of amides is 2. The molecule has 0 bridgehead atoms. The van der Waals surface area contributed by atoms with Gasteiger partial charge in [-0.25, -0.2) is 9.78 Å². The summed E-state index contributed by atoms with van der Waals surface area (Å²) in [6, 6.07) is 7.14. The first-order chi connectivity index (χ1) is 13.9. The molecule has 2 aromatic heterocycles. The van der Waals surface area contributed by atoms with E-state index in [4.69, 9.17) is 15.5 Å². The van der Waals surface area contributed by atoms with Gasteiger partial charge in [0.1, 0.15) is 18.2 Å². The molecule has 8 heteroatoms. The number of carbonyl (C=O) groups is 2. The van der Waals surface area contributed by atoms with Crippen LogP contribution in [0.1, 0.15) is 54.0 Å². The second kappa shape index (κ2) is 6.25. The smallest absolute Gasteiger partial charge is 0.415 e. The Morgan fingerprint density at radius 1 is 1.24 bits per heavy atom. The highest BCUT2D eigenvalue weighted by atomic mass is 16.6. The van der Waals surface area contributed by atoms with E-state index >= 15 is 0 Å². The van der Waals surface area contributed by atoms with Crippen LogP contribution in [0.15, 0.2) is 24.3 Å². The maximum absolute atomic E-state index is 13.2. The molecule has 1 saturated heterocycles. The summed E-state index contributed by atoms with van der Waals surface area (Å²) in [5, 5.41) is 0. The summed E-state index contributed by atoms with van der Waals surface area (Å²) >= 11 is 0. The molecule has 4 heterocycles. The van der Waals surface area contributed by atoms with Gasteiger partial charge in [0.05, 0.1) is 18.3 Å². The molecule has 8 nitrogen and oxygen atoms in total. The van der Waals surface area contributed by atoms with E-state index in [9.17, 15) is 9.59 Å². The van der Waals surface area contributed by atoms with E-state index in [0.29, 0.717) is 30.4 Å². The summed E-state index contributed by atoms with van der Waals surface area (Å²) in [5.74, 6) is 0.867. The number of ether oxygens (including phenoxy) is 1. The van der Waals surface area contributed by atoms with E-state index < -0.39 is 6.09 Å². The van der Waals surface area contributed by atoms with E-state index in [1.165, 1.54) is 4.90 Å². The highest BCUT2D eigenvalue weighted by Crippen LogP contribution is 2.47. The second-order valence-corrected chi connectivity index (χ2v) is 8.29. The molecule has 2 fully saturated rings. The highest BCUT2D eigenvalue weighted by Gasteiger charge is 2.43. The summed E-state index contributed by atoms with van der Waals surface area (Å²) in [6.07, 6.45) is 1.73. The van der Waals surface area contributed by atoms with Gasteiger partial charge in [0, 0.05) is 28.8 Å². The van der Waals surface area contributed by atoms with Crippen molar-refractivity contribution in [2.75, 3.05) is 16.4 Å². The fourth-order valence-electron chi connectivity index (χ4n) is 4.01. The average Bonchev–Trinajstić information content (AvgIpc) is 3.26. The molecular weight excluding hydrogens is 370 g/mol. The van der Waals surface area contributed by atoms with Gasteiger partial charge >= 0.3 is 6.09 Å². The Labute approximate surface area is 168 Å². The third-order valence-electron chi connectivity index (χ3n) is 6.14. The number of rotatable bonds is 4. The zero-order chi connectivity index (χ0) is 20.3. The molecular formula is C21H23N5O3. The molecule has 2 aliphatic heterocycles. The molecule has 1 saturated carbocycles. The van der Waals surface area contributed by atoms with Crippen LogP contribution >= 0.6 is 0 Å². The molecule has 1 atom stereocenters. The van der Waals surface area contributed by atoms with Crippen molar-refractivity contribution in [1.29, 1.82) is 0 Å². The number of nitrogens with two attached hydrogens (primary N) is 1. The molecule has 2 amide bonds. The fourth-order valence-corrected chi connectivity index (χ4v) is 4.01. The fraction of sp³-hybridized carbons (Fsp3) is 0.429. The standard InChI is InChI=1S/C21H23N5O3/c1-12-11-29-20(28)26(12)18-5-3-4-17(24-18)25-10-14-13(19(25)27)8-16(21(2)6-7-21)23-15(14)9-22/h3-5,8,12H,6-7,9-11,22H2,1-2H3/t12-/m0/s1. The van der Waals surface area contributed by atoms with Crippen molar-refractivity contribution in [3.63, 3.8) is 0 Å². The van der Waals surface area contributed by atoms with E-state index in [-0.39, 0.29) is 23.9 Å². The van der Waals surface area contributed by atoms with Gasteiger partial charge < -0.3 is 10.5 Å². The van der Waals surface area contributed by atoms with Crippen molar-refractivity contribution in [3.8, 4) is 0 Å². The Bertz CT molecular complexity index is 1030. The number of hydrogen-bond donors (Lipinski definition) is 1. The van der Waals surface area contributed by atoms with E-state index in [1.807, 2.05) is 13.0 Å². The number of hydrogen-bond acceptors (Lipinski definition) is 6. The largest absolute Gasteiger partial charge is 0.447 e. The van der Waals surface area contributed by atoms with Crippen molar-refractivity contribution in [2.45, 2.75) is 51.2 Å². The van der Waals surface area contributed by atoms with Crippen molar-refractivity contribution in [2.24, 2.45) is 5.73 Å². The average molecular weight is 393 g/mol. The number of nitrogens with zero attached hydrogens (tertiary/aromatic N) is 4. The lowest BCUT2D eigenvalue weighted by Crippen LogP contribution is -2.32. The third kappa shape index (κ3) is 2.78. The number of aromatic nitrogens is 2. The second-order valence-electron chi connectivity index (χ2n) is 8.29. The maximum Gasteiger partial charge on any atom is 0.415 e. The van der Waals surface area contributed by atoms with Crippen molar-refractivity contribution >= 4 is 23.6 Å². The minimum Gasteiger partial charge on any atom is -0.447 e. The van der Waals surface area contributed by atoms with Gasteiger partial charge in [-0.3, -0.25) is 19.6 Å². The molecule has 150 valence electrons. The zero-order valence-corrected chi connectivity index (χ0v) is 16.5. The predicted molar refractivity (Wildman–Crippen MR) is 107 cm³/mol. The first-order valence-electron chi connectivity index (χ1n) is 9.89. The van der Waals surface area contributed by atoms with Crippen LogP contribution in [0, 0.1) is 0 Å². The Hall–Kier alpha value is -3.00. The Morgan fingerprint density at radius 3 is 2.66 bits per heavy atom. The van der Waals surface area contributed by atoms with Crippen LogP contribution in [-0.2, 0) is 23.2 Å². The van der Waals surface area contributed by atoms with Crippen LogP contribution in [0.4, 0.5) is 16.4 Å². The lowest BCUT2D eigenvalue weighted by atomic mass is 9.99. The van der Waals surface area contributed by atoms with Crippen LogP contribution in [0.25, 0.3) is 0 Å². The molecule has 0 spiro atoms. The molecule has 5 rings (SSSR count). The molecule has 0 aromatic carbocycles. The number of pyridine rings is 2. The van der Waals surface area contributed by atoms with Gasteiger partial charge in [-0.1, -0.05) is 13.0 Å². The number of carbonyl (C=O) groups excluding carboxylic acids is 2. The van der Waals surface area contributed by atoms with Gasteiger partial charge in [0.15, 0.2) is 0 Å². The molecule has 1 aliphatic carbocycles. The van der Waals surface area contributed by atoms with Gasteiger partial charge in [0.25, 0.3) is 5.91 Å². The van der Waals surface area contributed by atoms with E-state index in [1.54, 1.807) is 23.1 Å². The Balaban J connectivity index is 1.51. The van der Waals surface area contributed by atoms with Crippen LogP contribution in [-0.4, -0.2) is 34.6 Å². The van der Waals surface area contributed by atoms with Crippen LogP contribution < -0.4 is 15.5 Å². The van der Waals surface area contributed by atoms with Crippen molar-refractivity contribution in [1.82, 2.24) is 9.97 Å². The van der Waals surface area contributed by atoms with Crippen LogP contribution in [0.3, 0.4) is 0 Å². The minimum atomic E-state index is -0.421. The monoisotopic (exact) mass is 393 g/mol. The van der Waals surface area contributed by atoms with E-state index in [2.05, 4.69) is 11.9 Å². The van der Waals surface area contributed by atoms with Gasteiger partial charge in [0.2, 0.25) is 0 Å². The first kappa shape index (κ1) is 18.1. The molecule has 0 unspecified atom stereocenters. The summed E-state index contributed by atoms with van der Waals surface area (Å²) < 4.78 is 5.09. The molecule has 0 radical (unpaired) electrons. The molecule has 2 N–H and O–H groups in total. The highest BCUT2D eigenvalue weighted by molar-refractivity contribution is 6.10. The number of cyclic esters (lactones) is 1. The maximum atomic E-state index is 13.2. The molecule has 3 aliphatic rings. The van der Waals surface area contributed by atoms with Crippen LogP contribution in [0.2, 0.25) is 0 Å². The molecule has 29 heavy (non-hydrogen) atoms. The first-order valence-corrected chi connectivity index (χ1v) is 9.89. The van der Waals surface area contributed by atoms with Crippen LogP contribution in [0.5, 0.6) is 0 Å². The van der Waals surface area contributed by atoms with Crippen molar-refractivity contribution < 1.29 is 14.3 Å². The quantitative estimate of drug-likeness (QED) is 0.856. The summed E-state index contributed by atoms with van der Waals surface area (Å²) in [4.78, 5) is 37.8. The van der Waals surface area contributed by atoms with Gasteiger partial charge in [-0.05, 0) is 38.0 Å². The summed E-state index contributed by atoms with van der Waals surface area (Å²) in [7, 11) is 0.